The fraction of sp³-hybridized carbons (Fsp3) is 0.611. The molecule has 0 N–H and O–H groups in total. The van der Waals surface area contributed by atoms with Crippen molar-refractivity contribution in [1.82, 2.24) is 0 Å². The minimum Gasteiger partial charge on any atom is -0.494 e. The molecule has 0 aromatic heterocycles. The topological polar surface area (TPSA) is 35.5 Å². The van der Waals surface area contributed by atoms with Gasteiger partial charge in [-0.2, -0.15) is 0 Å². The van der Waals surface area contributed by atoms with E-state index in [4.69, 9.17) is 9.47 Å². The quantitative estimate of drug-likeness (QED) is 0.592. The highest BCUT2D eigenvalue weighted by molar-refractivity contribution is 5.69. The van der Waals surface area contributed by atoms with E-state index in [1.807, 2.05) is 32.9 Å². The summed E-state index contributed by atoms with van der Waals surface area (Å²) in [5, 5.41) is 0. The van der Waals surface area contributed by atoms with Gasteiger partial charge in [-0.25, -0.2) is 0 Å². The maximum atomic E-state index is 11.5. The maximum Gasteiger partial charge on any atom is 0.306 e. The van der Waals surface area contributed by atoms with E-state index in [0.717, 1.165) is 5.75 Å². The summed E-state index contributed by atoms with van der Waals surface area (Å²) < 4.78 is 10.9. The van der Waals surface area contributed by atoms with Crippen molar-refractivity contribution in [2.24, 2.45) is 0 Å². The molecule has 0 saturated carbocycles. The predicted octanol–water partition coefficient (Wildman–Crippen LogP) is 4.48. The molecule has 0 amide bonds. The number of hydrogen-bond acceptors (Lipinski definition) is 3. The molecule has 0 radical (unpaired) electrons. The summed E-state index contributed by atoms with van der Waals surface area (Å²) in [6.45, 7) is 12.7. The molecule has 0 spiro atoms. The van der Waals surface area contributed by atoms with Gasteiger partial charge in [-0.1, -0.05) is 32.9 Å². The number of carbonyl (C=O) groups is 1. The lowest BCUT2D eigenvalue weighted by molar-refractivity contribution is -0.155. The van der Waals surface area contributed by atoms with Crippen molar-refractivity contribution in [3.05, 3.63) is 29.8 Å². The highest BCUT2D eigenvalue weighted by Crippen LogP contribution is 2.24. The second-order valence-corrected chi connectivity index (χ2v) is 7.31. The number of ether oxygens (including phenoxy) is 2. The first-order chi connectivity index (χ1) is 9.58. The van der Waals surface area contributed by atoms with Gasteiger partial charge in [-0.3, -0.25) is 4.79 Å². The molecule has 3 heteroatoms. The van der Waals surface area contributed by atoms with Crippen LogP contribution in [0.2, 0.25) is 0 Å². The minimum atomic E-state index is -0.416. The van der Waals surface area contributed by atoms with E-state index in [1.54, 1.807) is 0 Å². The van der Waals surface area contributed by atoms with Crippen LogP contribution in [0.25, 0.3) is 0 Å². The summed E-state index contributed by atoms with van der Waals surface area (Å²) in [4.78, 5) is 11.5. The van der Waals surface area contributed by atoms with Gasteiger partial charge in [0.15, 0.2) is 0 Å². The van der Waals surface area contributed by atoms with Gasteiger partial charge in [0.05, 0.1) is 6.61 Å². The van der Waals surface area contributed by atoms with E-state index in [9.17, 15) is 4.79 Å². The first kappa shape index (κ1) is 17.5. The Labute approximate surface area is 128 Å². The Morgan fingerprint density at radius 2 is 1.57 bits per heavy atom. The van der Waals surface area contributed by atoms with Crippen molar-refractivity contribution in [2.45, 2.75) is 65.4 Å². The van der Waals surface area contributed by atoms with Crippen LogP contribution >= 0.6 is 0 Å². The molecule has 118 valence electrons. The van der Waals surface area contributed by atoms with Gasteiger partial charge in [0.1, 0.15) is 11.4 Å². The van der Waals surface area contributed by atoms with Gasteiger partial charge < -0.3 is 9.47 Å². The SMILES string of the molecule is CC(C)(C)OC(=O)CCCOc1ccc(C(C)(C)C)cc1. The number of benzene rings is 1. The molecule has 0 aliphatic rings. The molecule has 0 fully saturated rings. The van der Waals surface area contributed by atoms with Crippen LogP contribution in [0, 0.1) is 0 Å². The van der Waals surface area contributed by atoms with Crippen LogP contribution < -0.4 is 4.74 Å². The average Bonchev–Trinajstić information content (AvgIpc) is 2.32. The summed E-state index contributed by atoms with van der Waals surface area (Å²) in [6.07, 6.45) is 1.05. The molecule has 0 atom stereocenters. The van der Waals surface area contributed by atoms with Crippen LogP contribution in [0.1, 0.15) is 59.9 Å². The van der Waals surface area contributed by atoms with Gasteiger partial charge in [-0.15, -0.1) is 0 Å². The Morgan fingerprint density at radius 1 is 1.00 bits per heavy atom. The average molecular weight is 292 g/mol. The molecule has 3 nitrogen and oxygen atoms in total. The summed E-state index contributed by atoms with van der Waals surface area (Å²) in [6, 6.07) is 8.13. The van der Waals surface area contributed by atoms with E-state index in [1.165, 1.54) is 5.56 Å². The zero-order valence-electron chi connectivity index (χ0n) is 14.2. The van der Waals surface area contributed by atoms with E-state index in [2.05, 4.69) is 32.9 Å². The zero-order valence-corrected chi connectivity index (χ0v) is 14.2. The van der Waals surface area contributed by atoms with E-state index in [0.29, 0.717) is 19.4 Å². The third-order valence-electron chi connectivity index (χ3n) is 2.93. The maximum absolute atomic E-state index is 11.5. The standard InChI is InChI=1S/C18H28O3/c1-17(2,3)14-9-11-15(12-10-14)20-13-7-8-16(19)21-18(4,5)6/h9-12H,7-8,13H2,1-6H3. The fourth-order valence-electron chi connectivity index (χ4n) is 1.85. The van der Waals surface area contributed by atoms with Crippen molar-refractivity contribution >= 4 is 5.97 Å². The van der Waals surface area contributed by atoms with Crippen LogP contribution in [0.3, 0.4) is 0 Å². The molecule has 0 saturated heterocycles. The van der Waals surface area contributed by atoms with Gasteiger partial charge >= 0.3 is 5.97 Å². The molecular formula is C18H28O3. The Kier molecular flexibility index (Phi) is 5.82. The van der Waals surface area contributed by atoms with Crippen molar-refractivity contribution < 1.29 is 14.3 Å². The largest absolute Gasteiger partial charge is 0.494 e. The summed E-state index contributed by atoms with van der Waals surface area (Å²) in [7, 11) is 0. The minimum absolute atomic E-state index is 0.148. The summed E-state index contributed by atoms with van der Waals surface area (Å²) >= 11 is 0. The van der Waals surface area contributed by atoms with Gasteiger partial charge in [0, 0.05) is 6.42 Å². The third-order valence-corrected chi connectivity index (χ3v) is 2.93. The molecular weight excluding hydrogens is 264 g/mol. The number of carbonyl (C=O) groups excluding carboxylic acids is 1. The lowest BCUT2D eigenvalue weighted by Crippen LogP contribution is -2.23. The van der Waals surface area contributed by atoms with Crippen molar-refractivity contribution in [3.8, 4) is 5.75 Å². The molecule has 0 bridgehead atoms. The van der Waals surface area contributed by atoms with Gasteiger partial charge in [-0.05, 0) is 50.3 Å². The fourth-order valence-corrected chi connectivity index (χ4v) is 1.85. The predicted molar refractivity (Wildman–Crippen MR) is 85.7 cm³/mol. The molecule has 0 heterocycles. The Hall–Kier alpha value is -1.51. The molecule has 0 aliphatic heterocycles. The highest BCUT2D eigenvalue weighted by atomic mass is 16.6. The molecule has 0 aliphatic carbocycles. The Morgan fingerprint density at radius 3 is 2.05 bits per heavy atom. The number of esters is 1. The molecule has 1 rings (SSSR count). The van der Waals surface area contributed by atoms with E-state index < -0.39 is 5.60 Å². The van der Waals surface area contributed by atoms with Crippen molar-refractivity contribution in [1.29, 1.82) is 0 Å². The van der Waals surface area contributed by atoms with E-state index in [-0.39, 0.29) is 11.4 Å². The smallest absolute Gasteiger partial charge is 0.306 e. The zero-order chi connectivity index (χ0) is 16.1. The van der Waals surface area contributed by atoms with E-state index >= 15 is 0 Å². The highest BCUT2D eigenvalue weighted by Gasteiger charge is 2.16. The van der Waals surface area contributed by atoms with Crippen molar-refractivity contribution in [3.63, 3.8) is 0 Å². The molecule has 21 heavy (non-hydrogen) atoms. The number of rotatable bonds is 5. The van der Waals surface area contributed by atoms with Crippen molar-refractivity contribution in [2.75, 3.05) is 6.61 Å². The Bertz CT molecular complexity index is 447. The third kappa shape index (κ3) is 7.16. The first-order valence-corrected chi connectivity index (χ1v) is 7.53. The normalized spacial score (nSPS) is 12.1. The van der Waals surface area contributed by atoms with Crippen LogP contribution in [0.15, 0.2) is 24.3 Å². The second kappa shape index (κ2) is 6.97. The van der Waals surface area contributed by atoms with Crippen LogP contribution in [0.5, 0.6) is 5.75 Å². The lowest BCUT2D eigenvalue weighted by atomic mass is 9.87. The first-order valence-electron chi connectivity index (χ1n) is 7.53. The monoisotopic (exact) mass is 292 g/mol. The molecule has 1 aromatic carbocycles. The van der Waals surface area contributed by atoms with Crippen LogP contribution in [0.4, 0.5) is 0 Å². The summed E-state index contributed by atoms with van der Waals surface area (Å²) in [5.41, 5.74) is 1.01. The van der Waals surface area contributed by atoms with Gasteiger partial charge in [0.2, 0.25) is 0 Å². The van der Waals surface area contributed by atoms with Crippen LogP contribution in [-0.4, -0.2) is 18.2 Å². The number of hydrogen-bond donors (Lipinski definition) is 0. The molecule has 0 unspecified atom stereocenters. The summed E-state index contributed by atoms with van der Waals surface area (Å²) in [5.74, 6) is 0.668. The van der Waals surface area contributed by atoms with Crippen LogP contribution in [-0.2, 0) is 14.9 Å². The lowest BCUT2D eigenvalue weighted by Gasteiger charge is -2.20. The molecule has 1 aromatic rings. The second-order valence-electron chi connectivity index (χ2n) is 7.31. The Balaban J connectivity index is 2.32. The van der Waals surface area contributed by atoms with Gasteiger partial charge in [0.25, 0.3) is 0 Å².